The molecule has 0 heterocycles. The monoisotopic (exact) mass is 278 g/mol. The van der Waals surface area contributed by atoms with Gasteiger partial charge >= 0.3 is 5.97 Å². The number of hydrogen-bond donors (Lipinski definition) is 0. The maximum atomic E-state index is 12.1. The average Bonchev–Trinajstić information content (AvgIpc) is 2.36. The largest absolute Gasteiger partial charge is 0.467 e. The topological polar surface area (TPSA) is 70.4 Å². The van der Waals surface area contributed by atoms with Crippen LogP contribution in [0.2, 0.25) is 0 Å². The van der Waals surface area contributed by atoms with Crippen molar-refractivity contribution in [2.45, 2.75) is 46.1 Å². The summed E-state index contributed by atoms with van der Waals surface area (Å²) < 4.78 is 4.80. The Bertz CT molecular complexity index is 424. The number of unbranched alkanes of at least 4 members (excludes halogenated alkanes) is 1. The first-order valence-electron chi connectivity index (χ1n) is 6.47. The second-order valence-corrected chi connectivity index (χ2v) is 5.52. The summed E-state index contributed by atoms with van der Waals surface area (Å²) in [6, 6.07) is 1.09. The van der Waals surface area contributed by atoms with Gasteiger partial charge in [-0.15, -0.1) is 12.3 Å². The molecule has 0 saturated heterocycles. The zero-order valence-electron chi connectivity index (χ0n) is 12.6. The van der Waals surface area contributed by atoms with Crippen molar-refractivity contribution < 1.29 is 14.3 Å². The minimum atomic E-state index is -0.730. The summed E-state index contributed by atoms with van der Waals surface area (Å²) in [5, 5.41) is 8.69. The highest BCUT2D eigenvalue weighted by atomic mass is 16.5. The van der Waals surface area contributed by atoms with E-state index in [1.165, 1.54) is 12.0 Å². The summed E-state index contributed by atoms with van der Waals surface area (Å²) in [5.41, 5.74) is -0.492. The molecular formula is C15H22N2O3. The molecule has 0 spiro atoms. The molecule has 110 valence electrons. The van der Waals surface area contributed by atoms with Crippen LogP contribution in [-0.4, -0.2) is 36.5 Å². The molecule has 0 radical (unpaired) electrons. The minimum Gasteiger partial charge on any atom is -0.467 e. The molecule has 0 fully saturated rings. The zero-order valence-corrected chi connectivity index (χ0v) is 12.6. The fourth-order valence-corrected chi connectivity index (χ4v) is 1.98. The number of carbonyl (C=O) groups excluding carboxylic acids is 2. The quantitative estimate of drug-likeness (QED) is 0.421. The zero-order chi connectivity index (χ0) is 15.8. The molecule has 0 aromatic heterocycles. The van der Waals surface area contributed by atoms with E-state index in [4.69, 9.17) is 16.4 Å². The van der Waals surface area contributed by atoms with E-state index in [-0.39, 0.29) is 12.3 Å². The molecule has 0 saturated carbocycles. The van der Waals surface area contributed by atoms with Crippen LogP contribution in [0.25, 0.3) is 0 Å². The van der Waals surface area contributed by atoms with Gasteiger partial charge in [0.25, 0.3) is 0 Å². The van der Waals surface area contributed by atoms with Crippen LogP contribution in [-0.2, 0) is 14.3 Å². The lowest BCUT2D eigenvalue weighted by molar-refractivity contribution is -0.157. The van der Waals surface area contributed by atoms with Crippen molar-refractivity contribution in [3.8, 4) is 18.4 Å². The lowest BCUT2D eigenvalue weighted by Gasteiger charge is -2.37. The van der Waals surface area contributed by atoms with Crippen molar-refractivity contribution in [1.29, 1.82) is 5.26 Å². The van der Waals surface area contributed by atoms with Gasteiger partial charge < -0.3 is 9.64 Å². The SMILES string of the molecule is C#CCCCN(C(=O)CC#N)[C@H](C(=O)OC)C(C)(C)C. The molecule has 1 amide bonds. The number of hydrogen-bond acceptors (Lipinski definition) is 4. The first-order valence-corrected chi connectivity index (χ1v) is 6.47. The van der Waals surface area contributed by atoms with Crippen LogP contribution in [0.5, 0.6) is 0 Å². The van der Waals surface area contributed by atoms with Crippen LogP contribution in [0.1, 0.15) is 40.0 Å². The van der Waals surface area contributed by atoms with E-state index in [2.05, 4.69) is 5.92 Å². The minimum absolute atomic E-state index is 0.264. The Labute approximate surface area is 120 Å². The Hall–Kier alpha value is -2.01. The molecule has 0 aliphatic rings. The molecule has 0 rings (SSSR count). The number of ether oxygens (including phenoxy) is 1. The van der Waals surface area contributed by atoms with Crippen molar-refractivity contribution in [3.05, 3.63) is 0 Å². The van der Waals surface area contributed by atoms with Crippen molar-refractivity contribution in [3.63, 3.8) is 0 Å². The molecule has 0 aliphatic heterocycles. The van der Waals surface area contributed by atoms with Crippen molar-refractivity contribution in [1.82, 2.24) is 4.90 Å². The Morgan fingerprint density at radius 3 is 2.40 bits per heavy atom. The van der Waals surface area contributed by atoms with Gasteiger partial charge in [0.2, 0.25) is 5.91 Å². The van der Waals surface area contributed by atoms with Crippen LogP contribution in [0.15, 0.2) is 0 Å². The second-order valence-electron chi connectivity index (χ2n) is 5.52. The number of nitriles is 1. The summed E-state index contributed by atoms with van der Waals surface area (Å²) >= 11 is 0. The van der Waals surface area contributed by atoms with E-state index in [1.54, 1.807) is 0 Å². The van der Waals surface area contributed by atoms with Gasteiger partial charge in [-0.25, -0.2) is 4.79 Å². The van der Waals surface area contributed by atoms with Gasteiger partial charge in [-0.05, 0) is 11.8 Å². The number of esters is 1. The Morgan fingerprint density at radius 2 is 2.00 bits per heavy atom. The molecule has 0 bridgehead atoms. The van der Waals surface area contributed by atoms with Crippen LogP contribution >= 0.6 is 0 Å². The van der Waals surface area contributed by atoms with E-state index < -0.39 is 17.4 Å². The van der Waals surface area contributed by atoms with E-state index >= 15 is 0 Å². The van der Waals surface area contributed by atoms with Gasteiger partial charge in [0.05, 0.1) is 13.2 Å². The first kappa shape index (κ1) is 18.0. The molecule has 0 N–H and O–H groups in total. The summed E-state index contributed by atoms with van der Waals surface area (Å²) in [6.07, 6.45) is 6.02. The fraction of sp³-hybridized carbons (Fsp3) is 0.667. The number of methoxy groups -OCH3 is 1. The standard InChI is InChI=1S/C15H22N2O3/c1-6-7-8-11-17(12(18)9-10-16)13(14(19)20-5)15(2,3)4/h1,13H,7-9,11H2,2-5H3/t13-/m1/s1. The predicted molar refractivity (Wildman–Crippen MR) is 75.3 cm³/mol. The van der Waals surface area contributed by atoms with E-state index in [9.17, 15) is 9.59 Å². The number of rotatable bonds is 6. The highest BCUT2D eigenvalue weighted by Gasteiger charge is 2.39. The van der Waals surface area contributed by atoms with Crippen LogP contribution in [0.3, 0.4) is 0 Å². The Kier molecular flexibility index (Phi) is 7.39. The molecule has 0 unspecified atom stereocenters. The van der Waals surface area contributed by atoms with Gasteiger partial charge in [0.15, 0.2) is 0 Å². The highest BCUT2D eigenvalue weighted by molar-refractivity contribution is 5.86. The average molecular weight is 278 g/mol. The van der Waals surface area contributed by atoms with Crippen LogP contribution in [0, 0.1) is 29.1 Å². The molecular weight excluding hydrogens is 256 g/mol. The third-order valence-corrected chi connectivity index (χ3v) is 2.83. The van der Waals surface area contributed by atoms with E-state index in [1.807, 2.05) is 26.8 Å². The number of nitrogens with zero attached hydrogens (tertiary/aromatic N) is 2. The Morgan fingerprint density at radius 1 is 1.40 bits per heavy atom. The fourth-order valence-electron chi connectivity index (χ4n) is 1.98. The van der Waals surface area contributed by atoms with Crippen molar-refractivity contribution >= 4 is 11.9 Å². The maximum Gasteiger partial charge on any atom is 0.329 e. The summed E-state index contributed by atoms with van der Waals surface area (Å²) in [7, 11) is 1.29. The third kappa shape index (κ3) is 5.32. The molecule has 5 heteroatoms. The van der Waals surface area contributed by atoms with Crippen molar-refractivity contribution in [2.24, 2.45) is 5.41 Å². The lowest BCUT2D eigenvalue weighted by Crippen LogP contribution is -2.52. The molecule has 0 aromatic carbocycles. The normalized spacial score (nSPS) is 11.9. The highest BCUT2D eigenvalue weighted by Crippen LogP contribution is 2.26. The molecule has 0 aromatic rings. The van der Waals surface area contributed by atoms with Crippen molar-refractivity contribution in [2.75, 3.05) is 13.7 Å². The van der Waals surface area contributed by atoms with Crippen LogP contribution in [0.4, 0.5) is 0 Å². The summed E-state index contributed by atoms with van der Waals surface area (Å²) in [5.74, 6) is 1.63. The number of amides is 1. The van der Waals surface area contributed by atoms with E-state index in [0.717, 1.165) is 0 Å². The van der Waals surface area contributed by atoms with Gasteiger partial charge in [-0.3, -0.25) is 4.79 Å². The van der Waals surface area contributed by atoms with Crippen LogP contribution < -0.4 is 0 Å². The van der Waals surface area contributed by atoms with Gasteiger partial charge in [0, 0.05) is 13.0 Å². The second kappa shape index (κ2) is 8.22. The molecule has 20 heavy (non-hydrogen) atoms. The number of carbonyl (C=O) groups is 2. The molecule has 5 nitrogen and oxygen atoms in total. The van der Waals surface area contributed by atoms with Gasteiger partial charge in [-0.2, -0.15) is 5.26 Å². The van der Waals surface area contributed by atoms with E-state index in [0.29, 0.717) is 19.4 Å². The molecule has 1 atom stereocenters. The smallest absolute Gasteiger partial charge is 0.329 e. The summed E-state index contributed by atoms with van der Waals surface area (Å²) in [6.45, 7) is 5.88. The lowest BCUT2D eigenvalue weighted by atomic mass is 9.85. The van der Waals surface area contributed by atoms with Gasteiger partial charge in [-0.1, -0.05) is 20.8 Å². The first-order chi connectivity index (χ1) is 9.29. The van der Waals surface area contributed by atoms with Gasteiger partial charge in [0.1, 0.15) is 12.5 Å². The Balaban J connectivity index is 5.31. The third-order valence-electron chi connectivity index (χ3n) is 2.83. The number of terminal acetylenes is 1. The maximum absolute atomic E-state index is 12.1. The predicted octanol–water partition coefficient (Wildman–Crippen LogP) is 1.73. The molecule has 0 aliphatic carbocycles. The summed E-state index contributed by atoms with van der Waals surface area (Å²) in [4.78, 5) is 25.5.